The van der Waals surface area contributed by atoms with Crippen LogP contribution in [0.4, 0.5) is 0 Å². The first kappa shape index (κ1) is 12.2. The molecule has 1 aliphatic carbocycles. The summed E-state index contributed by atoms with van der Waals surface area (Å²) >= 11 is 0. The summed E-state index contributed by atoms with van der Waals surface area (Å²) in [5.41, 5.74) is 6.63. The predicted octanol–water partition coefficient (Wildman–Crippen LogP) is 2.93. The maximum atomic E-state index is 11.9. The Labute approximate surface area is 112 Å². The largest absolute Gasteiger partial charge is 0.268 e. The Kier molecular flexibility index (Phi) is 2.97. The van der Waals surface area contributed by atoms with Crippen LogP contribution in [0, 0.1) is 13.8 Å². The number of benzene rings is 1. The van der Waals surface area contributed by atoms with Crippen LogP contribution in [0.25, 0.3) is 11.3 Å². The molecule has 1 heterocycles. The Morgan fingerprint density at radius 1 is 1.11 bits per heavy atom. The number of aromatic amines is 1. The number of H-pyrrole nitrogens is 1. The van der Waals surface area contributed by atoms with E-state index in [2.05, 4.69) is 42.2 Å². The van der Waals surface area contributed by atoms with Gasteiger partial charge in [0, 0.05) is 11.1 Å². The minimum absolute atomic E-state index is 0.0104. The summed E-state index contributed by atoms with van der Waals surface area (Å²) in [4.78, 5) is 11.9. The van der Waals surface area contributed by atoms with Crippen molar-refractivity contribution in [1.82, 2.24) is 10.2 Å². The summed E-state index contributed by atoms with van der Waals surface area (Å²) in [6.45, 7) is 4.18. The lowest BCUT2D eigenvalue weighted by Gasteiger charge is -2.18. The molecule has 0 saturated heterocycles. The van der Waals surface area contributed by atoms with Crippen molar-refractivity contribution in [2.45, 2.75) is 39.5 Å². The van der Waals surface area contributed by atoms with Crippen molar-refractivity contribution in [3.05, 3.63) is 50.8 Å². The van der Waals surface area contributed by atoms with Gasteiger partial charge in [0.25, 0.3) is 5.56 Å². The summed E-state index contributed by atoms with van der Waals surface area (Å²) in [5, 5.41) is 6.99. The van der Waals surface area contributed by atoms with E-state index in [1.54, 1.807) is 0 Å². The van der Waals surface area contributed by atoms with Crippen molar-refractivity contribution in [2.24, 2.45) is 0 Å². The third-order valence-corrected chi connectivity index (χ3v) is 3.95. The van der Waals surface area contributed by atoms with Gasteiger partial charge in [0.15, 0.2) is 0 Å². The SMILES string of the molecule is Cc1ccc(C)c(-c2n[nH]c(=O)c3c2CCCC3)c1. The Hall–Kier alpha value is -1.90. The van der Waals surface area contributed by atoms with Gasteiger partial charge in [-0.25, -0.2) is 5.10 Å². The fourth-order valence-corrected chi connectivity index (χ4v) is 2.87. The van der Waals surface area contributed by atoms with Gasteiger partial charge < -0.3 is 0 Å². The smallest absolute Gasteiger partial charge is 0.267 e. The molecule has 3 rings (SSSR count). The molecule has 3 heteroatoms. The van der Waals surface area contributed by atoms with Gasteiger partial charge in [0.05, 0.1) is 5.69 Å². The molecule has 3 nitrogen and oxygen atoms in total. The Bertz CT molecular complexity index is 686. The van der Waals surface area contributed by atoms with Crippen LogP contribution in [-0.4, -0.2) is 10.2 Å². The number of rotatable bonds is 1. The average Bonchev–Trinajstić information content (AvgIpc) is 2.43. The van der Waals surface area contributed by atoms with Crippen LogP contribution in [0.1, 0.15) is 35.1 Å². The number of nitrogens with one attached hydrogen (secondary N) is 1. The maximum Gasteiger partial charge on any atom is 0.267 e. The maximum absolute atomic E-state index is 11.9. The number of hydrogen-bond donors (Lipinski definition) is 1. The zero-order chi connectivity index (χ0) is 13.4. The van der Waals surface area contributed by atoms with Crippen molar-refractivity contribution in [1.29, 1.82) is 0 Å². The van der Waals surface area contributed by atoms with E-state index in [1.807, 2.05) is 0 Å². The number of hydrogen-bond acceptors (Lipinski definition) is 2. The van der Waals surface area contributed by atoms with Gasteiger partial charge >= 0.3 is 0 Å². The molecule has 1 N–H and O–H groups in total. The van der Waals surface area contributed by atoms with E-state index in [4.69, 9.17) is 0 Å². The Balaban J connectivity index is 2.26. The Morgan fingerprint density at radius 2 is 1.84 bits per heavy atom. The average molecular weight is 254 g/mol. The minimum Gasteiger partial charge on any atom is -0.268 e. The van der Waals surface area contributed by atoms with Crippen molar-refractivity contribution in [3.63, 3.8) is 0 Å². The molecule has 2 aromatic rings. The molecule has 0 fully saturated rings. The van der Waals surface area contributed by atoms with Crippen LogP contribution < -0.4 is 5.56 Å². The number of nitrogens with zero attached hydrogens (tertiary/aromatic N) is 1. The first-order chi connectivity index (χ1) is 9.16. The lowest BCUT2D eigenvalue weighted by molar-refractivity contribution is 0.669. The van der Waals surface area contributed by atoms with Gasteiger partial charge in [-0.2, -0.15) is 5.10 Å². The molecule has 1 aromatic carbocycles. The van der Waals surface area contributed by atoms with Crippen LogP contribution >= 0.6 is 0 Å². The molecule has 0 atom stereocenters. The molecule has 0 saturated carbocycles. The fraction of sp³-hybridized carbons (Fsp3) is 0.375. The fourth-order valence-electron chi connectivity index (χ4n) is 2.87. The molecule has 0 amide bonds. The van der Waals surface area contributed by atoms with Gasteiger partial charge in [-0.3, -0.25) is 4.79 Å². The molecular formula is C16H18N2O. The van der Waals surface area contributed by atoms with Crippen LogP contribution in [0.2, 0.25) is 0 Å². The summed E-state index contributed by atoms with van der Waals surface area (Å²) in [6.07, 6.45) is 4.10. The third-order valence-electron chi connectivity index (χ3n) is 3.95. The highest BCUT2D eigenvalue weighted by atomic mass is 16.1. The highest BCUT2D eigenvalue weighted by Crippen LogP contribution is 2.30. The molecule has 0 radical (unpaired) electrons. The van der Waals surface area contributed by atoms with E-state index in [9.17, 15) is 4.79 Å². The van der Waals surface area contributed by atoms with Gasteiger partial charge in [0.1, 0.15) is 0 Å². The van der Waals surface area contributed by atoms with Crippen molar-refractivity contribution < 1.29 is 0 Å². The molecule has 98 valence electrons. The summed E-state index contributed by atoms with van der Waals surface area (Å²) in [7, 11) is 0. The minimum atomic E-state index is -0.0104. The van der Waals surface area contributed by atoms with Crippen molar-refractivity contribution in [2.75, 3.05) is 0 Å². The third kappa shape index (κ3) is 2.09. The monoisotopic (exact) mass is 254 g/mol. The number of fused-ring (bicyclic) bond motifs is 1. The highest BCUT2D eigenvalue weighted by molar-refractivity contribution is 5.68. The van der Waals surface area contributed by atoms with E-state index >= 15 is 0 Å². The van der Waals surface area contributed by atoms with Crippen molar-refractivity contribution in [3.8, 4) is 11.3 Å². The summed E-state index contributed by atoms with van der Waals surface area (Å²) in [6, 6.07) is 6.38. The summed E-state index contributed by atoms with van der Waals surface area (Å²) < 4.78 is 0. The Morgan fingerprint density at radius 3 is 2.63 bits per heavy atom. The van der Waals surface area contributed by atoms with Gasteiger partial charge in [0.2, 0.25) is 0 Å². The predicted molar refractivity (Wildman–Crippen MR) is 76.4 cm³/mol. The molecule has 0 unspecified atom stereocenters. The second-order valence-electron chi connectivity index (χ2n) is 5.38. The van der Waals surface area contributed by atoms with Gasteiger partial charge in [-0.1, -0.05) is 17.7 Å². The first-order valence-electron chi connectivity index (χ1n) is 6.85. The zero-order valence-corrected chi connectivity index (χ0v) is 11.4. The first-order valence-corrected chi connectivity index (χ1v) is 6.85. The van der Waals surface area contributed by atoms with Crippen LogP contribution in [0.3, 0.4) is 0 Å². The lowest BCUT2D eigenvalue weighted by atomic mass is 9.88. The topological polar surface area (TPSA) is 45.8 Å². The normalized spacial score (nSPS) is 14.2. The van der Waals surface area contributed by atoms with E-state index < -0.39 is 0 Å². The molecule has 0 bridgehead atoms. The van der Waals surface area contributed by atoms with Gasteiger partial charge in [-0.05, 0) is 56.7 Å². The van der Waals surface area contributed by atoms with E-state index in [1.165, 1.54) is 11.1 Å². The van der Waals surface area contributed by atoms with E-state index in [0.717, 1.165) is 48.1 Å². The molecular weight excluding hydrogens is 236 g/mol. The van der Waals surface area contributed by atoms with Crippen LogP contribution in [0.15, 0.2) is 23.0 Å². The highest BCUT2D eigenvalue weighted by Gasteiger charge is 2.19. The van der Waals surface area contributed by atoms with Crippen molar-refractivity contribution >= 4 is 0 Å². The molecule has 1 aromatic heterocycles. The zero-order valence-electron chi connectivity index (χ0n) is 11.4. The standard InChI is InChI=1S/C16H18N2O/c1-10-7-8-11(2)14(9-10)15-12-5-3-4-6-13(12)16(19)18-17-15/h7-9H,3-6H2,1-2H3,(H,18,19). The molecule has 1 aliphatic rings. The van der Waals surface area contributed by atoms with E-state index in [-0.39, 0.29) is 5.56 Å². The second-order valence-corrected chi connectivity index (χ2v) is 5.38. The van der Waals surface area contributed by atoms with Crippen LogP contribution in [-0.2, 0) is 12.8 Å². The van der Waals surface area contributed by atoms with Gasteiger partial charge in [-0.15, -0.1) is 0 Å². The number of aromatic nitrogens is 2. The summed E-state index contributed by atoms with van der Waals surface area (Å²) in [5.74, 6) is 0. The number of aryl methyl sites for hydroxylation is 2. The lowest BCUT2D eigenvalue weighted by Crippen LogP contribution is -2.21. The van der Waals surface area contributed by atoms with E-state index in [0.29, 0.717) is 0 Å². The molecule has 19 heavy (non-hydrogen) atoms. The van der Waals surface area contributed by atoms with Crippen LogP contribution in [0.5, 0.6) is 0 Å². The quantitative estimate of drug-likeness (QED) is 0.850. The molecule has 0 spiro atoms. The molecule has 0 aliphatic heterocycles. The second kappa shape index (κ2) is 4.65.